The molecule has 0 unspecified atom stereocenters. The molecule has 0 aromatic rings. The lowest BCUT2D eigenvalue weighted by Crippen LogP contribution is -2.53. The average molecular weight is 234 g/mol. The van der Waals surface area contributed by atoms with Crippen LogP contribution in [0.15, 0.2) is 0 Å². The van der Waals surface area contributed by atoms with Crippen LogP contribution < -0.4 is 5.32 Å². The number of hydrogen-bond donors (Lipinski definition) is 1. The first-order valence-electron chi connectivity index (χ1n) is 5.10. The minimum Gasteiger partial charge on any atom is -0.336 e. The van der Waals surface area contributed by atoms with Gasteiger partial charge < -0.3 is 5.32 Å². The molecule has 6 heteroatoms. The van der Waals surface area contributed by atoms with E-state index in [4.69, 9.17) is 0 Å². The first-order valence-corrected chi connectivity index (χ1v) is 6.95. The zero-order chi connectivity index (χ0) is 11.9. The van der Waals surface area contributed by atoms with Crippen LogP contribution in [0.3, 0.4) is 0 Å². The molecule has 0 radical (unpaired) electrons. The van der Waals surface area contributed by atoms with E-state index < -0.39 is 21.7 Å². The molecule has 5 nitrogen and oxygen atoms in total. The number of nitrogens with one attached hydrogen (secondary N) is 1. The van der Waals surface area contributed by atoms with Crippen molar-refractivity contribution in [1.29, 1.82) is 0 Å². The van der Waals surface area contributed by atoms with Crippen LogP contribution in [0.2, 0.25) is 0 Å². The largest absolute Gasteiger partial charge is 0.336 e. The van der Waals surface area contributed by atoms with Crippen molar-refractivity contribution in [2.75, 3.05) is 6.26 Å². The zero-order valence-electron chi connectivity index (χ0n) is 9.57. The highest BCUT2D eigenvalue weighted by atomic mass is 32.2. The van der Waals surface area contributed by atoms with Gasteiger partial charge in [0.2, 0.25) is 15.9 Å². The van der Waals surface area contributed by atoms with E-state index in [2.05, 4.69) is 5.32 Å². The second-order valence-corrected chi connectivity index (χ2v) is 5.82. The minimum atomic E-state index is -3.37. The van der Waals surface area contributed by atoms with E-state index in [1.807, 2.05) is 13.8 Å². The quantitative estimate of drug-likeness (QED) is 0.763. The van der Waals surface area contributed by atoms with Gasteiger partial charge in [-0.05, 0) is 19.8 Å². The molecule has 1 saturated heterocycles. The van der Waals surface area contributed by atoms with E-state index in [1.165, 1.54) is 4.31 Å². The van der Waals surface area contributed by atoms with E-state index >= 15 is 0 Å². The Kier molecular flexibility index (Phi) is 3.11. The maximum absolute atomic E-state index is 11.7. The second-order valence-electron chi connectivity index (χ2n) is 3.96. The summed E-state index contributed by atoms with van der Waals surface area (Å²) in [6.07, 6.45) is 2.29. The molecule has 0 spiro atoms. The molecule has 1 atom stereocenters. The van der Waals surface area contributed by atoms with E-state index in [0.717, 1.165) is 6.26 Å². The standard InChI is InChI=1S/C9H18N2O3S/c1-5-9(6-2)10-8(12)7(3)11(9)15(4,13)14/h7H,5-6H2,1-4H3,(H,10,12)/t7-/m1/s1. The van der Waals surface area contributed by atoms with E-state index in [-0.39, 0.29) is 5.91 Å². The first-order chi connectivity index (χ1) is 6.78. The molecule has 15 heavy (non-hydrogen) atoms. The van der Waals surface area contributed by atoms with Crippen LogP contribution in [0.1, 0.15) is 33.6 Å². The van der Waals surface area contributed by atoms with Crippen LogP contribution in [0.4, 0.5) is 0 Å². The minimum absolute atomic E-state index is 0.218. The van der Waals surface area contributed by atoms with Gasteiger partial charge in [-0.2, -0.15) is 4.31 Å². The normalized spacial score (nSPS) is 26.7. The van der Waals surface area contributed by atoms with E-state index in [1.54, 1.807) is 6.92 Å². The lowest BCUT2D eigenvalue weighted by molar-refractivity contribution is -0.120. The van der Waals surface area contributed by atoms with Crippen LogP contribution in [-0.2, 0) is 14.8 Å². The molecule has 0 aliphatic carbocycles. The molecule has 1 amide bonds. The number of carbonyl (C=O) groups is 1. The molecule has 1 aliphatic heterocycles. The molecule has 0 bridgehead atoms. The Morgan fingerprint density at radius 2 is 1.87 bits per heavy atom. The average Bonchev–Trinajstić information content (AvgIpc) is 2.39. The smallest absolute Gasteiger partial charge is 0.239 e. The fourth-order valence-electron chi connectivity index (χ4n) is 2.21. The van der Waals surface area contributed by atoms with Gasteiger partial charge in [0.15, 0.2) is 0 Å². The van der Waals surface area contributed by atoms with Crippen molar-refractivity contribution >= 4 is 15.9 Å². The lowest BCUT2D eigenvalue weighted by atomic mass is 10.1. The fourth-order valence-corrected chi connectivity index (χ4v) is 3.82. The molecule has 1 N–H and O–H groups in total. The third kappa shape index (κ3) is 1.88. The highest BCUT2D eigenvalue weighted by Gasteiger charge is 2.51. The Bertz CT molecular complexity index is 360. The highest BCUT2D eigenvalue weighted by molar-refractivity contribution is 7.88. The Morgan fingerprint density at radius 3 is 2.13 bits per heavy atom. The Hall–Kier alpha value is -0.620. The van der Waals surface area contributed by atoms with Gasteiger partial charge in [0.05, 0.1) is 6.26 Å². The maximum atomic E-state index is 11.7. The van der Waals surface area contributed by atoms with Crippen molar-refractivity contribution < 1.29 is 13.2 Å². The molecule has 1 aliphatic rings. The predicted octanol–water partition coefficient (Wildman–Crippen LogP) is 0.283. The molecule has 1 fully saturated rings. The van der Waals surface area contributed by atoms with Gasteiger partial charge in [0, 0.05) is 0 Å². The highest BCUT2D eigenvalue weighted by Crippen LogP contribution is 2.31. The SMILES string of the molecule is CCC1(CC)NC(=O)[C@@H](C)N1S(C)(=O)=O. The van der Waals surface area contributed by atoms with Crippen molar-refractivity contribution in [1.82, 2.24) is 9.62 Å². The summed E-state index contributed by atoms with van der Waals surface area (Å²) in [5.41, 5.74) is -0.732. The van der Waals surface area contributed by atoms with E-state index in [0.29, 0.717) is 12.8 Å². The molecule has 1 heterocycles. The van der Waals surface area contributed by atoms with Gasteiger partial charge in [-0.15, -0.1) is 0 Å². The summed E-state index contributed by atoms with van der Waals surface area (Å²) in [5, 5.41) is 2.78. The van der Waals surface area contributed by atoms with Gasteiger partial charge in [-0.3, -0.25) is 4.79 Å². The summed E-state index contributed by atoms with van der Waals surface area (Å²) < 4.78 is 24.6. The van der Waals surface area contributed by atoms with Crippen molar-refractivity contribution in [2.24, 2.45) is 0 Å². The fraction of sp³-hybridized carbons (Fsp3) is 0.889. The summed E-state index contributed by atoms with van der Waals surface area (Å²) >= 11 is 0. The van der Waals surface area contributed by atoms with Crippen LogP contribution in [0, 0.1) is 0 Å². The lowest BCUT2D eigenvalue weighted by Gasteiger charge is -2.35. The number of sulfonamides is 1. The molecular weight excluding hydrogens is 216 g/mol. The molecule has 0 aromatic heterocycles. The Balaban J connectivity index is 3.24. The summed E-state index contributed by atoms with van der Waals surface area (Å²) in [7, 11) is -3.37. The monoisotopic (exact) mass is 234 g/mol. The third-order valence-electron chi connectivity index (χ3n) is 3.04. The number of hydrogen-bond acceptors (Lipinski definition) is 3. The molecular formula is C9H18N2O3S. The number of carbonyl (C=O) groups excluding carboxylic acids is 1. The van der Waals surface area contributed by atoms with Crippen molar-refractivity contribution in [2.45, 2.75) is 45.3 Å². The summed E-state index contributed by atoms with van der Waals surface area (Å²) in [5.74, 6) is -0.218. The molecule has 1 rings (SSSR count). The van der Waals surface area contributed by atoms with Crippen LogP contribution in [-0.4, -0.2) is 36.6 Å². The molecule has 0 saturated carbocycles. The predicted molar refractivity (Wildman–Crippen MR) is 57.6 cm³/mol. The Labute approximate surface area is 90.9 Å². The summed E-state index contributed by atoms with van der Waals surface area (Å²) in [6, 6.07) is -0.611. The first kappa shape index (κ1) is 12.4. The molecule has 88 valence electrons. The van der Waals surface area contributed by atoms with Crippen LogP contribution >= 0.6 is 0 Å². The molecule has 0 aromatic carbocycles. The van der Waals surface area contributed by atoms with Crippen LogP contribution in [0.25, 0.3) is 0 Å². The summed E-state index contributed by atoms with van der Waals surface area (Å²) in [4.78, 5) is 11.5. The second kappa shape index (κ2) is 3.75. The van der Waals surface area contributed by atoms with E-state index in [9.17, 15) is 13.2 Å². The van der Waals surface area contributed by atoms with Crippen molar-refractivity contribution in [3.8, 4) is 0 Å². The Morgan fingerprint density at radius 1 is 1.40 bits per heavy atom. The van der Waals surface area contributed by atoms with Gasteiger partial charge in [-0.1, -0.05) is 13.8 Å². The number of nitrogens with zero attached hydrogens (tertiary/aromatic N) is 1. The van der Waals surface area contributed by atoms with Crippen molar-refractivity contribution in [3.05, 3.63) is 0 Å². The van der Waals surface area contributed by atoms with Gasteiger partial charge in [0.1, 0.15) is 11.7 Å². The number of amides is 1. The summed E-state index contributed by atoms with van der Waals surface area (Å²) in [6.45, 7) is 5.36. The van der Waals surface area contributed by atoms with Crippen LogP contribution in [0.5, 0.6) is 0 Å². The third-order valence-corrected chi connectivity index (χ3v) is 4.42. The van der Waals surface area contributed by atoms with Gasteiger partial charge in [0.25, 0.3) is 0 Å². The number of rotatable bonds is 3. The van der Waals surface area contributed by atoms with Gasteiger partial charge in [-0.25, -0.2) is 8.42 Å². The zero-order valence-corrected chi connectivity index (χ0v) is 10.4. The topological polar surface area (TPSA) is 66.5 Å². The maximum Gasteiger partial charge on any atom is 0.239 e. The van der Waals surface area contributed by atoms with Crippen molar-refractivity contribution in [3.63, 3.8) is 0 Å². The van der Waals surface area contributed by atoms with Gasteiger partial charge >= 0.3 is 0 Å².